The highest BCUT2D eigenvalue weighted by atomic mass is 35.5. The quantitative estimate of drug-likeness (QED) is 0.806. The highest BCUT2D eigenvalue weighted by Gasteiger charge is 2.57. The number of nitrogens with zero attached hydrogens (tertiary/aromatic N) is 1. The smallest absolute Gasteiger partial charge is 0.231 e. The zero-order valence-corrected chi connectivity index (χ0v) is 11.9. The van der Waals surface area contributed by atoms with E-state index in [1.165, 1.54) is 0 Å². The van der Waals surface area contributed by atoms with Gasteiger partial charge in [-0.05, 0) is 24.1 Å². The Morgan fingerprint density at radius 2 is 2.11 bits per heavy atom. The largest absolute Gasteiger partial charge is 0.454 e. The predicted molar refractivity (Wildman–Crippen MR) is 71.6 cm³/mol. The molecule has 3 rings (SSSR count). The molecule has 1 aromatic rings. The summed E-state index contributed by atoms with van der Waals surface area (Å²) in [6.07, 6.45) is 0.528. The third kappa shape index (κ3) is 2.47. The predicted octanol–water partition coefficient (Wildman–Crippen LogP) is 2.57. The van der Waals surface area contributed by atoms with E-state index < -0.39 is 4.33 Å². The van der Waals surface area contributed by atoms with Crippen molar-refractivity contribution >= 4 is 29.1 Å². The van der Waals surface area contributed by atoms with E-state index in [1.54, 1.807) is 11.9 Å². The molecule has 19 heavy (non-hydrogen) atoms. The van der Waals surface area contributed by atoms with Gasteiger partial charge < -0.3 is 14.4 Å². The molecule has 0 bridgehead atoms. The van der Waals surface area contributed by atoms with E-state index >= 15 is 0 Å². The van der Waals surface area contributed by atoms with Crippen molar-refractivity contribution in [2.75, 3.05) is 13.8 Å². The molecule has 4 nitrogen and oxygen atoms in total. The van der Waals surface area contributed by atoms with Crippen LogP contribution >= 0.6 is 23.2 Å². The van der Waals surface area contributed by atoms with Crippen molar-refractivity contribution in [2.45, 2.75) is 17.3 Å². The van der Waals surface area contributed by atoms with Crippen molar-refractivity contribution in [1.82, 2.24) is 4.90 Å². The standard InChI is InChI=1S/C13H13Cl2NO3/c1-16(12(17)9-5-13(9,14)15)6-8-2-3-10-11(4-8)19-7-18-10/h2-4,9H,5-7H2,1H3. The van der Waals surface area contributed by atoms with E-state index in [4.69, 9.17) is 32.7 Å². The molecule has 0 N–H and O–H groups in total. The fourth-order valence-electron chi connectivity index (χ4n) is 2.14. The van der Waals surface area contributed by atoms with E-state index in [0.29, 0.717) is 18.7 Å². The highest BCUT2D eigenvalue weighted by molar-refractivity contribution is 6.52. The molecule has 1 heterocycles. The first-order chi connectivity index (χ1) is 8.97. The van der Waals surface area contributed by atoms with Gasteiger partial charge in [0.25, 0.3) is 0 Å². The summed E-state index contributed by atoms with van der Waals surface area (Å²) >= 11 is 11.8. The molecule has 0 radical (unpaired) electrons. The minimum absolute atomic E-state index is 0.0253. The average molecular weight is 302 g/mol. The molecule has 2 aliphatic rings. The molecule has 0 spiro atoms. The summed E-state index contributed by atoms with van der Waals surface area (Å²) in [5.41, 5.74) is 0.982. The Morgan fingerprint density at radius 3 is 2.79 bits per heavy atom. The number of hydrogen-bond donors (Lipinski definition) is 0. The molecule has 1 unspecified atom stereocenters. The first kappa shape index (κ1) is 12.9. The van der Waals surface area contributed by atoms with Gasteiger partial charge in [-0.3, -0.25) is 4.79 Å². The molecular formula is C13H13Cl2NO3. The second-order valence-electron chi connectivity index (χ2n) is 4.90. The summed E-state index contributed by atoms with van der Waals surface area (Å²) in [6.45, 7) is 0.743. The summed E-state index contributed by atoms with van der Waals surface area (Å²) in [4.78, 5) is 13.7. The van der Waals surface area contributed by atoms with Crippen molar-refractivity contribution in [3.63, 3.8) is 0 Å². The van der Waals surface area contributed by atoms with Crippen molar-refractivity contribution in [3.8, 4) is 11.5 Å². The van der Waals surface area contributed by atoms with Gasteiger partial charge in [0.05, 0.1) is 5.92 Å². The van der Waals surface area contributed by atoms with Gasteiger partial charge in [-0.15, -0.1) is 23.2 Å². The minimum Gasteiger partial charge on any atom is -0.454 e. The van der Waals surface area contributed by atoms with Crippen molar-refractivity contribution in [1.29, 1.82) is 0 Å². The lowest BCUT2D eigenvalue weighted by atomic mass is 10.2. The van der Waals surface area contributed by atoms with E-state index in [1.807, 2.05) is 18.2 Å². The number of rotatable bonds is 3. The Balaban J connectivity index is 1.66. The summed E-state index contributed by atoms with van der Waals surface area (Å²) in [6, 6.07) is 5.65. The summed E-state index contributed by atoms with van der Waals surface area (Å²) < 4.78 is 9.68. The normalized spacial score (nSPS) is 22.2. The van der Waals surface area contributed by atoms with Crippen LogP contribution in [0.3, 0.4) is 0 Å². The summed E-state index contributed by atoms with van der Waals surface area (Å²) in [5.74, 6) is 1.15. The fourth-order valence-corrected chi connectivity index (χ4v) is 2.63. The number of amides is 1. The Morgan fingerprint density at radius 1 is 1.42 bits per heavy atom. The molecule has 0 aromatic heterocycles. The van der Waals surface area contributed by atoms with Crippen LogP contribution in [-0.4, -0.2) is 29.0 Å². The van der Waals surface area contributed by atoms with Crippen LogP contribution in [0.5, 0.6) is 11.5 Å². The molecule has 0 saturated heterocycles. The lowest BCUT2D eigenvalue weighted by Gasteiger charge is -2.17. The Labute approximate surface area is 121 Å². The van der Waals surface area contributed by atoms with Crippen LogP contribution in [0.15, 0.2) is 18.2 Å². The van der Waals surface area contributed by atoms with E-state index in [2.05, 4.69) is 0 Å². The van der Waals surface area contributed by atoms with Gasteiger partial charge in [0.15, 0.2) is 11.5 Å². The number of carbonyl (C=O) groups excluding carboxylic acids is 1. The van der Waals surface area contributed by atoms with Gasteiger partial charge in [-0.25, -0.2) is 0 Å². The number of ether oxygens (including phenoxy) is 2. The maximum absolute atomic E-state index is 12.1. The van der Waals surface area contributed by atoms with Crippen LogP contribution in [-0.2, 0) is 11.3 Å². The lowest BCUT2D eigenvalue weighted by Crippen LogP contribution is -2.29. The number of fused-ring (bicyclic) bond motifs is 1. The van der Waals surface area contributed by atoms with Gasteiger partial charge in [0.2, 0.25) is 12.7 Å². The summed E-state index contributed by atoms with van der Waals surface area (Å²) in [5, 5.41) is 0. The van der Waals surface area contributed by atoms with Gasteiger partial charge in [-0.2, -0.15) is 0 Å². The first-order valence-corrected chi connectivity index (χ1v) is 6.74. The minimum atomic E-state index is -0.875. The van der Waals surface area contributed by atoms with Crippen LogP contribution in [0.25, 0.3) is 0 Å². The molecule has 1 fully saturated rings. The maximum atomic E-state index is 12.1. The zero-order valence-electron chi connectivity index (χ0n) is 10.4. The molecule has 102 valence electrons. The van der Waals surface area contributed by atoms with E-state index in [9.17, 15) is 4.79 Å². The van der Waals surface area contributed by atoms with Gasteiger partial charge >= 0.3 is 0 Å². The number of halogens is 2. The topological polar surface area (TPSA) is 38.8 Å². The van der Waals surface area contributed by atoms with Crippen LogP contribution < -0.4 is 9.47 Å². The number of alkyl halides is 2. The third-order valence-corrected chi connectivity index (χ3v) is 4.19. The molecule has 1 amide bonds. The number of benzene rings is 1. The molecule has 1 aliphatic carbocycles. The molecular weight excluding hydrogens is 289 g/mol. The number of hydrogen-bond acceptors (Lipinski definition) is 3. The Kier molecular flexibility index (Phi) is 3.02. The third-order valence-electron chi connectivity index (χ3n) is 3.36. The lowest BCUT2D eigenvalue weighted by molar-refractivity contribution is -0.131. The highest BCUT2D eigenvalue weighted by Crippen LogP contribution is 2.53. The van der Waals surface area contributed by atoms with Gasteiger partial charge in [0.1, 0.15) is 4.33 Å². The fraction of sp³-hybridized carbons (Fsp3) is 0.462. The van der Waals surface area contributed by atoms with Gasteiger partial charge in [0, 0.05) is 13.6 Å². The summed E-state index contributed by atoms with van der Waals surface area (Å²) in [7, 11) is 1.75. The maximum Gasteiger partial charge on any atom is 0.231 e. The van der Waals surface area contributed by atoms with Crippen LogP contribution in [0.1, 0.15) is 12.0 Å². The Bertz CT molecular complexity index is 533. The van der Waals surface area contributed by atoms with Gasteiger partial charge in [-0.1, -0.05) is 6.07 Å². The van der Waals surface area contributed by atoms with Crippen molar-refractivity contribution < 1.29 is 14.3 Å². The molecule has 1 atom stereocenters. The zero-order chi connectivity index (χ0) is 13.6. The van der Waals surface area contributed by atoms with E-state index in [0.717, 1.165) is 11.3 Å². The molecule has 6 heteroatoms. The van der Waals surface area contributed by atoms with Crippen molar-refractivity contribution in [3.05, 3.63) is 23.8 Å². The SMILES string of the molecule is CN(Cc1ccc2c(c1)OCO2)C(=O)C1CC1(Cl)Cl. The van der Waals surface area contributed by atoms with Crippen molar-refractivity contribution in [2.24, 2.45) is 5.92 Å². The first-order valence-electron chi connectivity index (χ1n) is 5.99. The monoisotopic (exact) mass is 301 g/mol. The average Bonchev–Trinajstić information content (AvgIpc) is 2.80. The Hall–Kier alpha value is -1.13. The van der Waals surface area contributed by atoms with E-state index in [-0.39, 0.29) is 18.6 Å². The number of carbonyl (C=O) groups is 1. The van der Waals surface area contributed by atoms with Crippen LogP contribution in [0.2, 0.25) is 0 Å². The van der Waals surface area contributed by atoms with Crippen LogP contribution in [0.4, 0.5) is 0 Å². The molecule has 1 aliphatic heterocycles. The molecule has 1 aromatic carbocycles. The van der Waals surface area contributed by atoms with Crippen LogP contribution in [0, 0.1) is 5.92 Å². The second-order valence-corrected chi connectivity index (χ2v) is 6.44. The second kappa shape index (κ2) is 4.46. The molecule has 1 saturated carbocycles.